The van der Waals surface area contributed by atoms with Gasteiger partial charge in [-0.15, -0.1) is 0 Å². The molecule has 0 bridgehead atoms. The van der Waals surface area contributed by atoms with Crippen molar-refractivity contribution in [1.29, 1.82) is 0 Å². The second-order valence-electron chi connectivity index (χ2n) is 3.56. The van der Waals surface area contributed by atoms with Crippen LogP contribution in [0.25, 0.3) is 0 Å². The number of hydrogen-bond acceptors (Lipinski definition) is 1. The predicted molar refractivity (Wildman–Crippen MR) is 60.1 cm³/mol. The summed E-state index contributed by atoms with van der Waals surface area (Å²) in [4.78, 5) is 4.01. The highest BCUT2D eigenvalue weighted by molar-refractivity contribution is 4.81. The lowest BCUT2D eigenvalue weighted by molar-refractivity contribution is 0.613. The summed E-state index contributed by atoms with van der Waals surface area (Å²) in [6, 6.07) is 0. The molecule has 0 N–H and O–H groups in total. The van der Waals surface area contributed by atoms with Gasteiger partial charge in [0.25, 0.3) is 0 Å². The Kier molecular flexibility index (Phi) is 5.80. The molecule has 78 valence electrons. The third kappa shape index (κ3) is 4.85. The monoisotopic (exact) mass is 192 g/mol. The van der Waals surface area contributed by atoms with E-state index in [1.165, 1.54) is 32.1 Å². The van der Waals surface area contributed by atoms with E-state index in [4.69, 9.17) is 0 Å². The Labute approximate surface area is 86.7 Å². The number of rotatable bonds is 7. The van der Waals surface area contributed by atoms with E-state index in [-0.39, 0.29) is 0 Å². The maximum Gasteiger partial charge on any atom is 0.0945 e. The zero-order valence-corrected chi connectivity index (χ0v) is 9.02. The van der Waals surface area contributed by atoms with E-state index < -0.39 is 0 Å². The second kappa shape index (κ2) is 7.36. The standard InChI is InChI=1S/C12H20N2/c1-2-3-4-5-6-7-8-10-14-11-9-13-12-14/h4-5,9,11-12H,2-3,6-8,10H2,1H3. The smallest absolute Gasteiger partial charge is 0.0945 e. The lowest BCUT2D eigenvalue weighted by Gasteiger charge is -1.99. The molecule has 0 unspecified atom stereocenters. The minimum Gasteiger partial charge on any atom is -0.337 e. The Morgan fingerprint density at radius 2 is 2.07 bits per heavy atom. The van der Waals surface area contributed by atoms with E-state index in [9.17, 15) is 0 Å². The molecule has 0 radical (unpaired) electrons. The van der Waals surface area contributed by atoms with Crippen molar-refractivity contribution in [1.82, 2.24) is 9.55 Å². The summed E-state index contributed by atoms with van der Waals surface area (Å²) in [7, 11) is 0. The summed E-state index contributed by atoms with van der Waals surface area (Å²) < 4.78 is 2.13. The molecule has 0 atom stereocenters. The average Bonchev–Trinajstić information content (AvgIpc) is 2.69. The van der Waals surface area contributed by atoms with Gasteiger partial charge in [0.1, 0.15) is 0 Å². The number of allylic oxidation sites excluding steroid dienone is 2. The Balaban J connectivity index is 1.95. The van der Waals surface area contributed by atoms with Gasteiger partial charge in [0, 0.05) is 18.9 Å². The van der Waals surface area contributed by atoms with Crippen LogP contribution in [0.5, 0.6) is 0 Å². The van der Waals surface area contributed by atoms with E-state index in [1.807, 2.05) is 18.7 Å². The van der Waals surface area contributed by atoms with Crippen LogP contribution >= 0.6 is 0 Å². The van der Waals surface area contributed by atoms with E-state index in [0.717, 1.165) is 6.54 Å². The number of nitrogens with zero attached hydrogens (tertiary/aromatic N) is 2. The maximum absolute atomic E-state index is 4.01. The van der Waals surface area contributed by atoms with Crippen LogP contribution in [0, 0.1) is 0 Å². The SMILES string of the molecule is CCCC=CCCCCn1ccnc1. The van der Waals surface area contributed by atoms with Crippen LogP contribution in [-0.2, 0) is 6.54 Å². The Hall–Kier alpha value is -1.05. The number of aromatic nitrogens is 2. The molecular weight excluding hydrogens is 172 g/mol. The van der Waals surface area contributed by atoms with Gasteiger partial charge in [0.15, 0.2) is 0 Å². The van der Waals surface area contributed by atoms with Gasteiger partial charge in [0.05, 0.1) is 6.33 Å². The number of unbranched alkanes of at least 4 members (excludes halogenated alkanes) is 3. The zero-order chi connectivity index (χ0) is 10.1. The lowest BCUT2D eigenvalue weighted by Crippen LogP contribution is -1.93. The molecule has 2 nitrogen and oxygen atoms in total. The van der Waals surface area contributed by atoms with Crippen LogP contribution in [0.2, 0.25) is 0 Å². The summed E-state index contributed by atoms with van der Waals surface area (Å²) >= 11 is 0. The maximum atomic E-state index is 4.01. The van der Waals surface area contributed by atoms with Gasteiger partial charge in [-0.3, -0.25) is 0 Å². The summed E-state index contributed by atoms with van der Waals surface area (Å²) in [6.45, 7) is 3.31. The van der Waals surface area contributed by atoms with Crippen molar-refractivity contribution in [3.05, 3.63) is 30.9 Å². The number of aryl methyl sites for hydroxylation is 1. The average molecular weight is 192 g/mol. The highest BCUT2D eigenvalue weighted by Gasteiger charge is 1.88. The fourth-order valence-corrected chi connectivity index (χ4v) is 1.38. The van der Waals surface area contributed by atoms with Crippen LogP contribution in [0.15, 0.2) is 30.9 Å². The molecule has 1 aromatic heterocycles. The van der Waals surface area contributed by atoms with Crippen LogP contribution in [0.3, 0.4) is 0 Å². The molecule has 1 rings (SSSR count). The van der Waals surface area contributed by atoms with Crippen LogP contribution in [0.4, 0.5) is 0 Å². The molecule has 0 saturated heterocycles. The third-order valence-electron chi connectivity index (χ3n) is 2.22. The van der Waals surface area contributed by atoms with E-state index in [0.29, 0.717) is 0 Å². The third-order valence-corrected chi connectivity index (χ3v) is 2.22. The summed E-state index contributed by atoms with van der Waals surface area (Å²) in [5.41, 5.74) is 0. The van der Waals surface area contributed by atoms with Crippen molar-refractivity contribution >= 4 is 0 Å². The van der Waals surface area contributed by atoms with Crippen molar-refractivity contribution in [3.63, 3.8) is 0 Å². The molecule has 0 amide bonds. The van der Waals surface area contributed by atoms with Gasteiger partial charge in [0.2, 0.25) is 0 Å². The molecule has 14 heavy (non-hydrogen) atoms. The topological polar surface area (TPSA) is 17.8 Å². The Morgan fingerprint density at radius 1 is 1.21 bits per heavy atom. The highest BCUT2D eigenvalue weighted by Crippen LogP contribution is 2.01. The first-order chi connectivity index (χ1) is 6.93. The van der Waals surface area contributed by atoms with E-state index >= 15 is 0 Å². The molecule has 0 fully saturated rings. The Morgan fingerprint density at radius 3 is 2.79 bits per heavy atom. The van der Waals surface area contributed by atoms with Gasteiger partial charge >= 0.3 is 0 Å². The molecule has 0 spiro atoms. The largest absolute Gasteiger partial charge is 0.337 e. The van der Waals surface area contributed by atoms with E-state index in [2.05, 4.69) is 28.6 Å². The number of hydrogen-bond donors (Lipinski definition) is 0. The second-order valence-corrected chi connectivity index (χ2v) is 3.56. The van der Waals surface area contributed by atoms with Crippen molar-refractivity contribution < 1.29 is 0 Å². The molecule has 0 aliphatic heterocycles. The normalized spacial score (nSPS) is 11.2. The van der Waals surface area contributed by atoms with Crippen LogP contribution in [-0.4, -0.2) is 9.55 Å². The fourth-order valence-electron chi connectivity index (χ4n) is 1.38. The fraction of sp³-hybridized carbons (Fsp3) is 0.583. The van der Waals surface area contributed by atoms with Crippen molar-refractivity contribution in [2.45, 2.75) is 45.6 Å². The van der Waals surface area contributed by atoms with Crippen molar-refractivity contribution in [2.24, 2.45) is 0 Å². The van der Waals surface area contributed by atoms with Crippen molar-refractivity contribution in [3.8, 4) is 0 Å². The highest BCUT2D eigenvalue weighted by atomic mass is 15.0. The first kappa shape index (κ1) is 11.0. The molecule has 0 aliphatic rings. The zero-order valence-electron chi connectivity index (χ0n) is 9.02. The molecule has 0 saturated carbocycles. The van der Waals surface area contributed by atoms with Gasteiger partial charge in [-0.2, -0.15) is 0 Å². The molecule has 1 aromatic rings. The summed E-state index contributed by atoms with van der Waals surface area (Å²) in [5.74, 6) is 0. The molecular formula is C12H20N2. The van der Waals surface area contributed by atoms with Gasteiger partial charge in [-0.25, -0.2) is 4.98 Å². The van der Waals surface area contributed by atoms with Crippen molar-refractivity contribution in [2.75, 3.05) is 0 Å². The van der Waals surface area contributed by atoms with Gasteiger partial charge in [-0.05, 0) is 25.7 Å². The Bertz CT molecular complexity index is 237. The summed E-state index contributed by atoms with van der Waals surface area (Å²) in [6.07, 6.45) is 16.5. The number of imidazole rings is 1. The molecule has 0 aromatic carbocycles. The molecule has 2 heteroatoms. The van der Waals surface area contributed by atoms with Gasteiger partial charge < -0.3 is 4.57 Å². The van der Waals surface area contributed by atoms with Gasteiger partial charge in [-0.1, -0.05) is 25.5 Å². The first-order valence-electron chi connectivity index (χ1n) is 5.54. The summed E-state index contributed by atoms with van der Waals surface area (Å²) in [5, 5.41) is 0. The lowest BCUT2D eigenvalue weighted by atomic mass is 10.2. The minimum absolute atomic E-state index is 1.10. The van der Waals surface area contributed by atoms with Crippen LogP contribution in [0.1, 0.15) is 39.0 Å². The van der Waals surface area contributed by atoms with Crippen LogP contribution < -0.4 is 0 Å². The minimum atomic E-state index is 1.10. The predicted octanol–water partition coefficient (Wildman–Crippen LogP) is 3.41. The quantitative estimate of drug-likeness (QED) is 0.478. The first-order valence-corrected chi connectivity index (χ1v) is 5.54. The molecule has 0 aliphatic carbocycles. The van der Waals surface area contributed by atoms with E-state index in [1.54, 1.807) is 0 Å². The molecule has 1 heterocycles.